The van der Waals surface area contributed by atoms with E-state index >= 15 is 0 Å². The summed E-state index contributed by atoms with van der Waals surface area (Å²) in [6.07, 6.45) is 6.93. The van der Waals surface area contributed by atoms with Gasteiger partial charge in [0.25, 0.3) is 0 Å². The summed E-state index contributed by atoms with van der Waals surface area (Å²) in [5.74, 6) is 2.01. The zero-order chi connectivity index (χ0) is 16.9. The lowest BCUT2D eigenvalue weighted by Gasteiger charge is -2.41. The molecule has 3 N–H and O–H groups in total. The molecule has 6 heteroatoms. The van der Waals surface area contributed by atoms with Crippen LogP contribution in [0.25, 0.3) is 0 Å². The largest absolute Gasteiger partial charge is 0.564 e. The van der Waals surface area contributed by atoms with Gasteiger partial charge < -0.3 is 20.4 Å². The second-order valence-electron chi connectivity index (χ2n) is 6.72. The molecule has 0 aliphatic carbocycles. The molecule has 0 radical (unpaired) electrons. The Morgan fingerprint density at radius 1 is 1.50 bits per heavy atom. The van der Waals surface area contributed by atoms with E-state index in [9.17, 15) is 0 Å². The Labute approximate surface area is 145 Å². The lowest BCUT2D eigenvalue weighted by molar-refractivity contribution is 0.0143. The van der Waals surface area contributed by atoms with Gasteiger partial charge in [0.05, 0.1) is 0 Å². The molecule has 1 saturated heterocycles. The Balaban J connectivity index is 1.51. The van der Waals surface area contributed by atoms with Crippen LogP contribution in [0, 0.1) is 6.92 Å². The number of benzene rings is 1. The Bertz CT molecular complexity index is 588. The fourth-order valence-electron chi connectivity index (χ4n) is 3.42. The highest BCUT2D eigenvalue weighted by Gasteiger charge is 2.30. The highest BCUT2D eigenvalue weighted by Crippen LogP contribution is 2.35. The van der Waals surface area contributed by atoms with E-state index in [1.54, 1.807) is 6.20 Å². The monoisotopic (exact) mass is 329 g/mol. The maximum atomic E-state index is 6.20. The Morgan fingerprint density at radius 3 is 3.08 bits per heavy atom. The van der Waals surface area contributed by atoms with E-state index in [2.05, 4.69) is 36.2 Å². The Morgan fingerprint density at radius 2 is 2.33 bits per heavy atom. The average Bonchev–Trinajstić information content (AvgIpc) is 2.58. The fraction of sp³-hybridized carbons (Fsp3) is 0.556. The second-order valence-corrected chi connectivity index (χ2v) is 6.72. The smallest absolute Gasteiger partial charge is 0.340 e. The van der Waals surface area contributed by atoms with Crippen molar-refractivity contribution in [3.8, 4) is 11.5 Å². The van der Waals surface area contributed by atoms with Crippen molar-refractivity contribution >= 4 is 7.48 Å². The summed E-state index contributed by atoms with van der Waals surface area (Å²) < 4.78 is 12.0. The van der Waals surface area contributed by atoms with E-state index in [-0.39, 0.29) is 6.10 Å². The fourth-order valence-corrected chi connectivity index (χ4v) is 3.42. The van der Waals surface area contributed by atoms with Gasteiger partial charge in [-0.1, -0.05) is 13.0 Å². The first kappa shape index (κ1) is 17.0. The van der Waals surface area contributed by atoms with E-state index in [4.69, 9.17) is 15.1 Å². The molecule has 0 bridgehead atoms. The van der Waals surface area contributed by atoms with Crippen LogP contribution in [0.15, 0.2) is 24.5 Å². The van der Waals surface area contributed by atoms with E-state index < -0.39 is 0 Å². The minimum absolute atomic E-state index is 0.271. The third-order valence-electron chi connectivity index (χ3n) is 4.89. The van der Waals surface area contributed by atoms with Crippen LogP contribution in [0.4, 0.5) is 0 Å². The lowest BCUT2D eigenvalue weighted by atomic mass is 9.85. The number of hydrogen-bond donors (Lipinski definition) is 2. The van der Waals surface area contributed by atoms with Gasteiger partial charge in [0, 0.05) is 43.6 Å². The molecule has 24 heavy (non-hydrogen) atoms. The molecule has 0 aromatic heterocycles. The summed E-state index contributed by atoms with van der Waals surface area (Å²) >= 11 is 0. The zero-order valence-corrected chi connectivity index (χ0v) is 14.8. The van der Waals surface area contributed by atoms with Crippen LogP contribution in [0.3, 0.4) is 0 Å². The van der Waals surface area contributed by atoms with Gasteiger partial charge in [0.2, 0.25) is 0 Å². The van der Waals surface area contributed by atoms with Gasteiger partial charge in [-0.3, -0.25) is 4.90 Å². The van der Waals surface area contributed by atoms with E-state index in [1.807, 2.05) is 6.20 Å². The maximum Gasteiger partial charge on any atom is 0.340 e. The van der Waals surface area contributed by atoms with Crippen molar-refractivity contribution in [2.24, 2.45) is 5.73 Å². The number of nitrogens with two attached hydrogens (primary N) is 1. The van der Waals surface area contributed by atoms with Crippen LogP contribution in [0.1, 0.15) is 24.5 Å². The number of likely N-dealkylation sites (tertiary alicyclic amines) is 1. The topological polar surface area (TPSA) is 59.8 Å². The number of rotatable bonds is 7. The molecule has 5 nitrogen and oxygen atoms in total. The maximum absolute atomic E-state index is 6.20. The van der Waals surface area contributed by atoms with Gasteiger partial charge in [-0.15, -0.1) is 0 Å². The first-order valence-corrected chi connectivity index (χ1v) is 8.98. The minimum atomic E-state index is 0.271. The van der Waals surface area contributed by atoms with E-state index in [1.165, 1.54) is 5.56 Å². The van der Waals surface area contributed by atoms with E-state index in [0.717, 1.165) is 63.3 Å². The second kappa shape index (κ2) is 7.84. The van der Waals surface area contributed by atoms with Crippen molar-refractivity contribution in [2.75, 3.05) is 19.6 Å². The number of nitrogens with zero attached hydrogens (tertiary/aromatic N) is 1. The Kier molecular flexibility index (Phi) is 5.56. The molecule has 1 aromatic carbocycles. The molecule has 130 valence electrons. The van der Waals surface area contributed by atoms with Crippen molar-refractivity contribution in [3.05, 3.63) is 35.7 Å². The summed E-state index contributed by atoms with van der Waals surface area (Å²) in [6.45, 7) is 7.26. The molecule has 3 rings (SSSR count). The van der Waals surface area contributed by atoms with Gasteiger partial charge in [-0.05, 0) is 37.7 Å². The van der Waals surface area contributed by atoms with Crippen LogP contribution >= 0.6 is 0 Å². The first-order chi connectivity index (χ1) is 11.7. The Hall–Kier alpha value is -1.82. The van der Waals surface area contributed by atoms with Crippen LogP contribution < -0.4 is 20.4 Å². The average molecular weight is 329 g/mol. The quantitative estimate of drug-likeness (QED) is 0.744. The summed E-state index contributed by atoms with van der Waals surface area (Å²) in [5, 5.41) is 3.32. The van der Waals surface area contributed by atoms with Crippen molar-refractivity contribution in [1.29, 1.82) is 0 Å². The van der Waals surface area contributed by atoms with Crippen molar-refractivity contribution < 1.29 is 9.39 Å². The molecule has 1 fully saturated rings. The molecule has 1 aromatic rings. The molecule has 2 aliphatic rings. The van der Waals surface area contributed by atoms with Crippen LogP contribution in [-0.2, 0) is 6.42 Å². The first-order valence-electron chi connectivity index (χ1n) is 8.98. The third kappa shape index (κ3) is 3.81. The molecule has 1 atom stereocenters. The summed E-state index contributed by atoms with van der Waals surface area (Å²) in [4.78, 5) is 2.42. The normalized spacial score (nSPS) is 19.1. The van der Waals surface area contributed by atoms with Gasteiger partial charge in [-0.25, -0.2) is 0 Å². The molecule has 0 saturated carbocycles. The molecule has 2 aliphatic heterocycles. The van der Waals surface area contributed by atoms with Crippen molar-refractivity contribution in [3.63, 3.8) is 0 Å². The molecule has 0 spiro atoms. The number of ether oxygens (including phenoxy) is 1. The summed E-state index contributed by atoms with van der Waals surface area (Å²) in [7, 11) is 0.817. The highest BCUT2D eigenvalue weighted by molar-refractivity contribution is 6.29. The third-order valence-corrected chi connectivity index (χ3v) is 4.89. The molecule has 2 heterocycles. The predicted octanol–water partition coefficient (Wildman–Crippen LogP) is 1.56. The van der Waals surface area contributed by atoms with E-state index in [0.29, 0.717) is 6.04 Å². The predicted molar refractivity (Wildman–Crippen MR) is 98.9 cm³/mol. The van der Waals surface area contributed by atoms with Crippen molar-refractivity contribution in [1.82, 2.24) is 10.2 Å². The molecule has 1 unspecified atom stereocenters. The van der Waals surface area contributed by atoms with Crippen LogP contribution in [0.2, 0.25) is 6.32 Å². The SMILES string of the molecule is CCC(CN1CC(Oc2ccc3c(c2C)OBCC3)C1)N/C=C\N. The number of nitrogens with one attached hydrogen (secondary N) is 1. The summed E-state index contributed by atoms with van der Waals surface area (Å²) in [5.41, 5.74) is 7.85. The van der Waals surface area contributed by atoms with Gasteiger partial charge in [-0.2, -0.15) is 0 Å². The zero-order valence-electron chi connectivity index (χ0n) is 14.8. The lowest BCUT2D eigenvalue weighted by Crippen LogP contribution is -2.56. The number of aryl methyl sites for hydroxylation is 1. The highest BCUT2D eigenvalue weighted by atomic mass is 16.5. The standard InChI is InChI=1S/C18H28BN3O2/c1-3-15(21-9-8-20)10-22-11-16(12-22)23-17-5-4-14-6-7-19-24-18(14)13(17)2/h4-5,8-9,15-16,19,21H,3,6-7,10-12,20H2,1-2H3/b9-8-. The molecular formula is C18H28BN3O2. The minimum Gasteiger partial charge on any atom is -0.564 e. The van der Waals surface area contributed by atoms with Gasteiger partial charge in [0.1, 0.15) is 17.6 Å². The number of hydrogen-bond acceptors (Lipinski definition) is 5. The van der Waals surface area contributed by atoms with Crippen molar-refractivity contribution in [2.45, 2.75) is 45.2 Å². The summed E-state index contributed by atoms with van der Waals surface area (Å²) in [6, 6.07) is 4.70. The number of fused-ring (bicyclic) bond motifs is 1. The van der Waals surface area contributed by atoms with Gasteiger partial charge in [0.15, 0.2) is 0 Å². The van der Waals surface area contributed by atoms with Gasteiger partial charge >= 0.3 is 7.48 Å². The van der Waals surface area contributed by atoms with Crippen LogP contribution in [0.5, 0.6) is 11.5 Å². The van der Waals surface area contributed by atoms with Crippen LogP contribution in [-0.4, -0.2) is 44.2 Å². The molecular weight excluding hydrogens is 301 g/mol. The molecule has 0 amide bonds.